The van der Waals surface area contributed by atoms with Gasteiger partial charge in [0.1, 0.15) is 0 Å². The van der Waals surface area contributed by atoms with Crippen LogP contribution in [0.3, 0.4) is 0 Å². The third-order valence-corrected chi connectivity index (χ3v) is 3.24. The first-order valence-corrected chi connectivity index (χ1v) is 6.01. The van der Waals surface area contributed by atoms with E-state index in [0.29, 0.717) is 12.8 Å². The number of anilines is 1. The van der Waals surface area contributed by atoms with Gasteiger partial charge in [0, 0.05) is 13.2 Å². The summed E-state index contributed by atoms with van der Waals surface area (Å²) < 4.78 is 13.0. The number of amides is 1. The lowest BCUT2D eigenvalue weighted by molar-refractivity contribution is -0.0764. The molecule has 9 heteroatoms. The lowest BCUT2D eigenvalue weighted by Crippen LogP contribution is -2.50. The minimum atomic E-state index is -1.01. The Balaban J connectivity index is 2.04. The monoisotopic (exact) mass is 286 g/mol. The van der Waals surface area contributed by atoms with Gasteiger partial charge in [-0.2, -0.15) is 4.39 Å². The minimum absolute atomic E-state index is 0.0107. The van der Waals surface area contributed by atoms with Crippen LogP contribution in [-0.2, 0) is 0 Å². The summed E-state index contributed by atoms with van der Waals surface area (Å²) >= 11 is 0. The number of nitrogens with zero attached hydrogens (tertiary/aromatic N) is 2. The molecule has 8 nitrogen and oxygen atoms in total. The smallest absolute Gasteiger partial charge is 0.297 e. The number of halogens is 1. The van der Waals surface area contributed by atoms with E-state index in [-0.39, 0.29) is 24.9 Å². The van der Waals surface area contributed by atoms with Crippen molar-refractivity contribution in [1.82, 2.24) is 15.4 Å². The second-order valence-electron chi connectivity index (χ2n) is 4.87. The van der Waals surface area contributed by atoms with Crippen LogP contribution in [0.15, 0.2) is 6.20 Å². The highest BCUT2D eigenvalue weighted by atomic mass is 19.1. The quantitative estimate of drug-likeness (QED) is 0.357. The fourth-order valence-electron chi connectivity index (χ4n) is 2.24. The first-order chi connectivity index (χ1) is 9.47. The van der Waals surface area contributed by atoms with Crippen LogP contribution in [0.4, 0.5) is 10.2 Å². The van der Waals surface area contributed by atoms with Gasteiger partial charge in [-0.15, -0.1) is 0 Å². The molecule has 0 unspecified atom stereocenters. The zero-order valence-electron chi connectivity index (χ0n) is 10.5. The zero-order valence-corrected chi connectivity index (χ0v) is 10.5. The number of aromatic nitrogens is 2. The molecular formula is C11H15FN4O4. The Bertz CT molecular complexity index is 507. The zero-order chi connectivity index (χ0) is 14.8. The van der Waals surface area contributed by atoms with E-state index in [1.165, 1.54) is 5.48 Å². The van der Waals surface area contributed by atoms with Gasteiger partial charge in [-0.3, -0.25) is 10.0 Å². The summed E-state index contributed by atoms with van der Waals surface area (Å²) in [6.45, 7) is 0.0896. The first-order valence-electron chi connectivity index (χ1n) is 6.01. The highest BCUT2D eigenvalue weighted by Crippen LogP contribution is 2.37. The lowest BCUT2D eigenvalue weighted by Gasteiger charge is -2.43. The normalized spacial score (nSPS) is 24.9. The van der Waals surface area contributed by atoms with E-state index in [1.807, 2.05) is 0 Å². The SMILES string of the molecule is O=C(NO)c1nc(F)cnc1NCC1(O)CC(CO)C1. The maximum absolute atomic E-state index is 13.0. The van der Waals surface area contributed by atoms with E-state index >= 15 is 0 Å². The van der Waals surface area contributed by atoms with Crippen LogP contribution in [0.25, 0.3) is 0 Å². The van der Waals surface area contributed by atoms with Gasteiger partial charge in [-0.25, -0.2) is 15.4 Å². The standard InChI is InChI=1S/C11H15FN4O4/c12-7-3-13-9(8(15-7)10(18)16-20)14-5-11(19)1-6(2-11)4-17/h3,6,17,19-20H,1-2,4-5H2,(H,13,14)(H,16,18). The average molecular weight is 286 g/mol. The number of hydrogen-bond donors (Lipinski definition) is 5. The number of hydrogen-bond acceptors (Lipinski definition) is 7. The summed E-state index contributed by atoms with van der Waals surface area (Å²) in [6.07, 6.45) is 1.66. The average Bonchev–Trinajstić information content (AvgIpc) is 2.41. The van der Waals surface area contributed by atoms with Crippen molar-refractivity contribution in [2.75, 3.05) is 18.5 Å². The fourth-order valence-corrected chi connectivity index (χ4v) is 2.24. The summed E-state index contributed by atoms with van der Waals surface area (Å²) in [5, 5.41) is 30.2. The highest BCUT2D eigenvalue weighted by molar-refractivity contribution is 5.95. The van der Waals surface area contributed by atoms with Gasteiger partial charge in [-0.05, 0) is 18.8 Å². The second-order valence-corrected chi connectivity index (χ2v) is 4.87. The molecule has 1 aliphatic carbocycles. The maximum Gasteiger partial charge on any atom is 0.297 e. The Labute approximate surface area is 113 Å². The number of carbonyl (C=O) groups is 1. The van der Waals surface area contributed by atoms with Crippen LogP contribution in [0, 0.1) is 11.9 Å². The number of nitrogens with one attached hydrogen (secondary N) is 2. The van der Waals surface area contributed by atoms with E-state index in [4.69, 9.17) is 10.3 Å². The Hall–Kier alpha value is -1.84. The molecule has 20 heavy (non-hydrogen) atoms. The second kappa shape index (κ2) is 5.65. The molecule has 1 aromatic rings. The van der Waals surface area contributed by atoms with Crippen LogP contribution >= 0.6 is 0 Å². The molecule has 1 aromatic heterocycles. The van der Waals surface area contributed by atoms with Gasteiger partial charge < -0.3 is 15.5 Å². The van der Waals surface area contributed by atoms with E-state index in [2.05, 4.69) is 15.3 Å². The van der Waals surface area contributed by atoms with Crippen molar-refractivity contribution in [3.8, 4) is 0 Å². The van der Waals surface area contributed by atoms with Crippen molar-refractivity contribution in [3.05, 3.63) is 17.8 Å². The van der Waals surface area contributed by atoms with Crippen molar-refractivity contribution >= 4 is 11.7 Å². The molecular weight excluding hydrogens is 271 g/mol. The van der Waals surface area contributed by atoms with E-state index in [1.54, 1.807) is 0 Å². The van der Waals surface area contributed by atoms with E-state index in [9.17, 15) is 14.3 Å². The van der Waals surface area contributed by atoms with Crippen molar-refractivity contribution in [1.29, 1.82) is 0 Å². The topological polar surface area (TPSA) is 128 Å². The number of carbonyl (C=O) groups excluding carboxylic acids is 1. The number of aliphatic hydroxyl groups is 2. The number of aliphatic hydroxyl groups excluding tert-OH is 1. The van der Waals surface area contributed by atoms with Crippen LogP contribution in [-0.4, -0.2) is 50.0 Å². The molecule has 1 amide bonds. The first kappa shape index (κ1) is 14.6. The summed E-state index contributed by atoms with van der Waals surface area (Å²) in [7, 11) is 0. The van der Waals surface area contributed by atoms with Crippen LogP contribution in [0.1, 0.15) is 23.3 Å². The molecule has 1 saturated carbocycles. The maximum atomic E-state index is 13.0. The summed E-state index contributed by atoms with van der Waals surface area (Å²) in [6, 6.07) is 0. The van der Waals surface area contributed by atoms with Crippen molar-refractivity contribution in [2.24, 2.45) is 5.92 Å². The van der Waals surface area contributed by atoms with Gasteiger partial charge >= 0.3 is 0 Å². The van der Waals surface area contributed by atoms with Crippen LogP contribution < -0.4 is 10.8 Å². The van der Waals surface area contributed by atoms with E-state index < -0.39 is 23.1 Å². The van der Waals surface area contributed by atoms with Crippen molar-refractivity contribution < 1.29 is 24.6 Å². The minimum Gasteiger partial charge on any atom is -0.396 e. The molecule has 1 heterocycles. The van der Waals surface area contributed by atoms with Crippen molar-refractivity contribution in [2.45, 2.75) is 18.4 Å². The summed E-state index contributed by atoms with van der Waals surface area (Å²) in [5.74, 6) is -1.95. The Morgan fingerprint density at radius 3 is 2.85 bits per heavy atom. The Morgan fingerprint density at radius 2 is 2.25 bits per heavy atom. The number of rotatable bonds is 5. The fraction of sp³-hybridized carbons (Fsp3) is 0.545. The van der Waals surface area contributed by atoms with E-state index in [0.717, 1.165) is 6.20 Å². The largest absolute Gasteiger partial charge is 0.396 e. The molecule has 1 aliphatic rings. The van der Waals surface area contributed by atoms with Gasteiger partial charge in [0.25, 0.3) is 5.91 Å². The molecule has 0 saturated heterocycles. The molecule has 5 N–H and O–H groups in total. The molecule has 2 rings (SSSR count). The number of hydroxylamine groups is 1. The Morgan fingerprint density at radius 1 is 1.55 bits per heavy atom. The Kier molecular flexibility index (Phi) is 4.12. The molecule has 0 aliphatic heterocycles. The molecule has 0 bridgehead atoms. The van der Waals surface area contributed by atoms with Crippen LogP contribution in [0.2, 0.25) is 0 Å². The summed E-state index contributed by atoms with van der Waals surface area (Å²) in [4.78, 5) is 18.3. The predicted octanol–water partition coefficient (Wildman–Crippen LogP) is -0.720. The van der Waals surface area contributed by atoms with Crippen LogP contribution in [0.5, 0.6) is 0 Å². The molecule has 0 spiro atoms. The lowest BCUT2D eigenvalue weighted by atomic mass is 9.71. The molecule has 0 atom stereocenters. The third kappa shape index (κ3) is 3.00. The molecule has 0 aromatic carbocycles. The summed E-state index contributed by atoms with van der Waals surface area (Å²) in [5.41, 5.74) is -0.0652. The van der Waals surface area contributed by atoms with Gasteiger partial charge in [0.2, 0.25) is 5.95 Å². The molecule has 110 valence electrons. The predicted molar refractivity (Wildman–Crippen MR) is 64.5 cm³/mol. The van der Waals surface area contributed by atoms with Gasteiger partial charge in [0.15, 0.2) is 11.5 Å². The van der Waals surface area contributed by atoms with Gasteiger partial charge in [-0.1, -0.05) is 0 Å². The van der Waals surface area contributed by atoms with Gasteiger partial charge in [0.05, 0.1) is 11.8 Å². The third-order valence-electron chi connectivity index (χ3n) is 3.24. The molecule has 1 fully saturated rings. The molecule has 0 radical (unpaired) electrons. The highest BCUT2D eigenvalue weighted by Gasteiger charge is 2.42. The van der Waals surface area contributed by atoms with Crippen molar-refractivity contribution in [3.63, 3.8) is 0 Å².